The molecule has 0 aromatic rings. The van der Waals surface area contributed by atoms with Crippen LogP contribution in [-0.2, 0) is 14.3 Å². The summed E-state index contributed by atoms with van der Waals surface area (Å²) in [5, 5.41) is 8.48. The van der Waals surface area contributed by atoms with E-state index in [1.54, 1.807) is 0 Å². The Morgan fingerprint density at radius 3 is 2.21 bits per heavy atom. The minimum atomic E-state index is -1.11. The van der Waals surface area contributed by atoms with Crippen molar-refractivity contribution in [2.45, 2.75) is 27.7 Å². The maximum atomic E-state index is 11.0. The average Bonchev–Trinajstić information content (AvgIpc) is 1.99. The lowest BCUT2D eigenvalue weighted by molar-refractivity contribution is -0.141. The van der Waals surface area contributed by atoms with Gasteiger partial charge < -0.3 is 9.84 Å². The first-order valence-electron chi connectivity index (χ1n) is 4.31. The monoisotopic (exact) mass is 200 g/mol. The van der Waals surface area contributed by atoms with Crippen molar-refractivity contribution >= 4 is 11.9 Å². The van der Waals surface area contributed by atoms with E-state index in [-0.39, 0.29) is 17.6 Å². The molecule has 0 unspecified atom stereocenters. The van der Waals surface area contributed by atoms with Crippen LogP contribution in [-0.4, -0.2) is 23.7 Å². The highest BCUT2D eigenvalue weighted by molar-refractivity contribution is 5.94. The molecule has 0 heterocycles. The fourth-order valence-electron chi connectivity index (χ4n) is 0.568. The molecule has 14 heavy (non-hydrogen) atoms. The Balaban J connectivity index is 4.12. The van der Waals surface area contributed by atoms with Crippen LogP contribution in [0.15, 0.2) is 11.6 Å². The van der Waals surface area contributed by atoms with Crippen molar-refractivity contribution in [3.63, 3.8) is 0 Å². The molecule has 0 bridgehead atoms. The molecule has 0 saturated heterocycles. The molecule has 0 aliphatic heterocycles. The number of esters is 1. The van der Waals surface area contributed by atoms with Crippen LogP contribution in [0.3, 0.4) is 0 Å². The third kappa shape index (κ3) is 6.22. The predicted molar refractivity (Wildman–Crippen MR) is 51.8 cm³/mol. The van der Waals surface area contributed by atoms with Gasteiger partial charge in [-0.05, 0) is 12.3 Å². The zero-order valence-electron chi connectivity index (χ0n) is 8.96. The SMILES string of the molecule is C/C(=C/C(=O)OCC(C)(C)C)C(=O)O. The summed E-state index contributed by atoms with van der Waals surface area (Å²) in [4.78, 5) is 21.4. The van der Waals surface area contributed by atoms with E-state index in [0.717, 1.165) is 6.08 Å². The van der Waals surface area contributed by atoms with E-state index in [0.29, 0.717) is 0 Å². The van der Waals surface area contributed by atoms with Crippen molar-refractivity contribution in [2.24, 2.45) is 5.41 Å². The van der Waals surface area contributed by atoms with Gasteiger partial charge in [0.1, 0.15) is 0 Å². The third-order valence-corrected chi connectivity index (χ3v) is 1.32. The quantitative estimate of drug-likeness (QED) is 0.555. The summed E-state index contributed by atoms with van der Waals surface area (Å²) in [6, 6.07) is 0. The van der Waals surface area contributed by atoms with Crippen molar-refractivity contribution in [1.82, 2.24) is 0 Å². The Hall–Kier alpha value is -1.32. The molecule has 0 aromatic carbocycles. The fraction of sp³-hybridized carbons (Fsp3) is 0.600. The van der Waals surface area contributed by atoms with E-state index in [1.807, 2.05) is 20.8 Å². The van der Waals surface area contributed by atoms with E-state index in [1.165, 1.54) is 6.92 Å². The van der Waals surface area contributed by atoms with Crippen molar-refractivity contribution in [2.75, 3.05) is 6.61 Å². The van der Waals surface area contributed by atoms with Gasteiger partial charge in [0.25, 0.3) is 0 Å². The summed E-state index contributed by atoms with van der Waals surface area (Å²) in [5.41, 5.74) is -0.135. The normalized spacial score (nSPS) is 12.4. The van der Waals surface area contributed by atoms with Crippen molar-refractivity contribution in [3.8, 4) is 0 Å². The molecule has 0 fully saturated rings. The van der Waals surface area contributed by atoms with Crippen LogP contribution in [0.2, 0.25) is 0 Å². The maximum Gasteiger partial charge on any atom is 0.331 e. The van der Waals surface area contributed by atoms with Gasteiger partial charge in [0.05, 0.1) is 6.61 Å². The van der Waals surface area contributed by atoms with E-state index < -0.39 is 11.9 Å². The fourth-order valence-corrected chi connectivity index (χ4v) is 0.568. The van der Waals surface area contributed by atoms with Gasteiger partial charge in [-0.25, -0.2) is 9.59 Å². The Morgan fingerprint density at radius 2 is 1.86 bits per heavy atom. The second kappa shape index (κ2) is 4.79. The zero-order valence-corrected chi connectivity index (χ0v) is 8.96. The minimum Gasteiger partial charge on any atom is -0.478 e. The lowest BCUT2D eigenvalue weighted by atomic mass is 9.99. The Labute approximate surface area is 83.6 Å². The maximum absolute atomic E-state index is 11.0. The number of rotatable bonds is 3. The minimum absolute atomic E-state index is 0.0242. The molecular formula is C10H16O4. The van der Waals surface area contributed by atoms with E-state index in [9.17, 15) is 9.59 Å². The summed E-state index contributed by atoms with van der Waals surface area (Å²) in [6.45, 7) is 7.39. The van der Waals surface area contributed by atoms with Gasteiger partial charge in [-0.3, -0.25) is 0 Å². The smallest absolute Gasteiger partial charge is 0.331 e. The van der Waals surface area contributed by atoms with E-state index >= 15 is 0 Å². The lowest BCUT2D eigenvalue weighted by Gasteiger charge is -2.16. The standard InChI is InChI=1S/C10H16O4/c1-7(9(12)13)5-8(11)14-6-10(2,3)4/h5H,6H2,1-4H3,(H,12,13)/b7-5-. The Bertz CT molecular complexity index is 258. The summed E-state index contributed by atoms with van der Waals surface area (Å²) in [7, 11) is 0. The van der Waals surface area contributed by atoms with Gasteiger partial charge in [-0.2, -0.15) is 0 Å². The van der Waals surface area contributed by atoms with E-state index in [4.69, 9.17) is 9.84 Å². The Kier molecular flexibility index (Phi) is 4.34. The summed E-state index contributed by atoms with van der Waals surface area (Å²) >= 11 is 0. The number of ether oxygens (including phenoxy) is 1. The topological polar surface area (TPSA) is 63.6 Å². The molecule has 4 heteroatoms. The molecule has 0 atom stereocenters. The van der Waals surface area contributed by atoms with E-state index in [2.05, 4.69) is 0 Å². The molecule has 0 spiro atoms. The van der Waals surface area contributed by atoms with Gasteiger partial charge in [0.15, 0.2) is 0 Å². The number of hydrogen-bond acceptors (Lipinski definition) is 3. The van der Waals surface area contributed by atoms with Crippen LogP contribution in [0, 0.1) is 5.41 Å². The first-order chi connectivity index (χ1) is 6.22. The second-order valence-corrected chi connectivity index (χ2v) is 4.30. The van der Waals surface area contributed by atoms with Crippen molar-refractivity contribution in [3.05, 3.63) is 11.6 Å². The zero-order chi connectivity index (χ0) is 11.4. The van der Waals surface area contributed by atoms with Crippen LogP contribution in [0.1, 0.15) is 27.7 Å². The van der Waals surface area contributed by atoms with Crippen LogP contribution < -0.4 is 0 Å². The summed E-state index contributed by atoms with van der Waals surface area (Å²) < 4.78 is 4.85. The number of aliphatic carboxylic acids is 1. The largest absolute Gasteiger partial charge is 0.478 e. The highest BCUT2D eigenvalue weighted by atomic mass is 16.5. The molecule has 80 valence electrons. The highest BCUT2D eigenvalue weighted by Gasteiger charge is 2.13. The van der Waals surface area contributed by atoms with Crippen molar-refractivity contribution in [1.29, 1.82) is 0 Å². The molecule has 0 aliphatic rings. The summed E-state index contributed by atoms with van der Waals surface area (Å²) in [5.74, 6) is -1.72. The number of carbonyl (C=O) groups is 2. The van der Waals surface area contributed by atoms with Gasteiger partial charge in [-0.15, -0.1) is 0 Å². The van der Waals surface area contributed by atoms with Crippen LogP contribution in [0.25, 0.3) is 0 Å². The Morgan fingerprint density at radius 1 is 1.36 bits per heavy atom. The first kappa shape index (κ1) is 12.7. The van der Waals surface area contributed by atoms with Crippen LogP contribution >= 0.6 is 0 Å². The lowest BCUT2D eigenvalue weighted by Crippen LogP contribution is -2.17. The molecular weight excluding hydrogens is 184 g/mol. The van der Waals surface area contributed by atoms with Crippen molar-refractivity contribution < 1.29 is 19.4 Å². The molecule has 0 aliphatic carbocycles. The predicted octanol–water partition coefficient (Wildman–Crippen LogP) is 1.61. The third-order valence-electron chi connectivity index (χ3n) is 1.32. The molecule has 0 saturated carbocycles. The number of carbonyl (C=O) groups excluding carboxylic acids is 1. The molecule has 0 aromatic heterocycles. The number of hydrogen-bond donors (Lipinski definition) is 1. The number of carboxylic acids is 1. The molecule has 0 rings (SSSR count). The second-order valence-electron chi connectivity index (χ2n) is 4.30. The summed E-state index contributed by atoms with van der Waals surface area (Å²) in [6.07, 6.45) is 0.980. The van der Waals surface area contributed by atoms with Gasteiger partial charge in [-0.1, -0.05) is 20.8 Å². The number of carboxylic acid groups (broad SMARTS) is 1. The van der Waals surface area contributed by atoms with Crippen LogP contribution in [0.4, 0.5) is 0 Å². The molecule has 1 N–H and O–H groups in total. The molecule has 4 nitrogen and oxygen atoms in total. The molecule has 0 amide bonds. The van der Waals surface area contributed by atoms with Crippen LogP contribution in [0.5, 0.6) is 0 Å². The van der Waals surface area contributed by atoms with Gasteiger partial charge in [0.2, 0.25) is 0 Å². The van der Waals surface area contributed by atoms with Gasteiger partial charge in [0, 0.05) is 11.6 Å². The van der Waals surface area contributed by atoms with Gasteiger partial charge >= 0.3 is 11.9 Å². The first-order valence-corrected chi connectivity index (χ1v) is 4.31. The molecule has 0 radical (unpaired) electrons. The average molecular weight is 200 g/mol. The highest BCUT2D eigenvalue weighted by Crippen LogP contribution is 2.13.